The Hall–Kier alpha value is 2.11. The summed E-state index contributed by atoms with van der Waals surface area (Å²) in [6.07, 6.45) is 0. The summed E-state index contributed by atoms with van der Waals surface area (Å²) in [6, 6.07) is 1.52. The van der Waals surface area contributed by atoms with Crippen LogP contribution in [0.25, 0.3) is 0 Å². The van der Waals surface area contributed by atoms with Gasteiger partial charge in [-0.25, -0.2) is 16.8 Å². The SMILES string of the molecule is COc1cc(S(=O)(=O)[O-])c(C)cc1S(=O)(=O)[O-].[K+].[K+]. The Morgan fingerprint density at radius 3 is 1.68 bits per heavy atom. The van der Waals surface area contributed by atoms with E-state index in [1.165, 1.54) is 6.92 Å². The van der Waals surface area contributed by atoms with E-state index in [-0.39, 0.29) is 108 Å². The first-order valence-electron chi connectivity index (χ1n) is 4.18. The first-order chi connectivity index (χ1) is 7.57. The number of rotatable bonds is 3. The van der Waals surface area contributed by atoms with Crippen molar-refractivity contribution in [2.24, 2.45) is 0 Å². The monoisotopic (exact) mass is 358 g/mol. The van der Waals surface area contributed by atoms with E-state index in [2.05, 4.69) is 4.74 Å². The third kappa shape index (κ3) is 6.40. The van der Waals surface area contributed by atoms with Gasteiger partial charge in [-0.15, -0.1) is 0 Å². The van der Waals surface area contributed by atoms with Crippen molar-refractivity contribution in [1.29, 1.82) is 0 Å². The van der Waals surface area contributed by atoms with Crippen molar-refractivity contribution in [1.82, 2.24) is 0 Å². The second kappa shape index (κ2) is 8.67. The molecule has 0 saturated heterocycles. The summed E-state index contributed by atoms with van der Waals surface area (Å²) < 4.78 is 69.7. The van der Waals surface area contributed by atoms with Gasteiger partial charge in [-0.3, -0.25) is 0 Å². The summed E-state index contributed by atoms with van der Waals surface area (Å²) in [5, 5.41) is 0. The molecule has 0 unspecified atom stereocenters. The van der Waals surface area contributed by atoms with Crippen molar-refractivity contribution in [2.45, 2.75) is 16.7 Å². The molecule has 0 fully saturated rings. The summed E-state index contributed by atoms with van der Waals surface area (Å²) >= 11 is 0. The van der Waals surface area contributed by atoms with Gasteiger partial charge in [0.25, 0.3) is 0 Å². The Bertz CT molecular complexity index is 652. The molecule has 0 radical (unpaired) electrons. The molecule has 0 heterocycles. The zero-order valence-corrected chi connectivity index (χ0v) is 18.7. The van der Waals surface area contributed by atoms with E-state index in [1.54, 1.807) is 0 Å². The van der Waals surface area contributed by atoms with Crippen LogP contribution < -0.4 is 108 Å². The maximum Gasteiger partial charge on any atom is 1.00 e. The fourth-order valence-electron chi connectivity index (χ4n) is 1.27. The van der Waals surface area contributed by atoms with Crippen molar-refractivity contribution < 1.29 is 133 Å². The van der Waals surface area contributed by atoms with Crippen LogP contribution in [0.5, 0.6) is 5.75 Å². The minimum Gasteiger partial charge on any atom is -0.744 e. The third-order valence-corrected chi connectivity index (χ3v) is 3.84. The van der Waals surface area contributed by atoms with Crippen molar-refractivity contribution in [3.63, 3.8) is 0 Å². The molecule has 96 valence electrons. The molecule has 0 atom stereocenters. The van der Waals surface area contributed by atoms with Crippen molar-refractivity contribution >= 4 is 20.2 Å². The smallest absolute Gasteiger partial charge is 0.744 e. The van der Waals surface area contributed by atoms with Crippen LogP contribution in [0.15, 0.2) is 21.9 Å². The van der Waals surface area contributed by atoms with E-state index in [4.69, 9.17) is 0 Å². The number of hydrogen-bond acceptors (Lipinski definition) is 7. The van der Waals surface area contributed by atoms with Gasteiger partial charge in [0.15, 0.2) is 0 Å². The zero-order chi connectivity index (χ0) is 13.4. The molecule has 19 heavy (non-hydrogen) atoms. The predicted octanol–water partition coefficient (Wildman–Crippen LogP) is -6.18. The van der Waals surface area contributed by atoms with Crippen molar-refractivity contribution in [3.05, 3.63) is 17.7 Å². The number of hydrogen-bond donors (Lipinski definition) is 0. The van der Waals surface area contributed by atoms with Crippen molar-refractivity contribution in [3.8, 4) is 5.75 Å². The number of aryl methyl sites for hydroxylation is 1. The van der Waals surface area contributed by atoms with Crippen LogP contribution in [-0.4, -0.2) is 33.1 Å². The zero-order valence-electron chi connectivity index (χ0n) is 10.8. The molecule has 1 rings (SSSR count). The van der Waals surface area contributed by atoms with Crippen LogP contribution in [-0.2, 0) is 20.2 Å². The Labute approximate surface area is 196 Å². The quantitative estimate of drug-likeness (QED) is 0.389. The second-order valence-corrected chi connectivity index (χ2v) is 5.87. The normalized spacial score (nSPS) is 11.2. The summed E-state index contributed by atoms with van der Waals surface area (Å²) in [5.74, 6) is -0.472. The maximum absolute atomic E-state index is 10.9. The molecular weight excluding hydrogens is 350 g/mol. The van der Waals surface area contributed by atoms with Gasteiger partial charge < -0.3 is 13.8 Å². The Morgan fingerprint density at radius 2 is 1.37 bits per heavy atom. The molecule has 0 spiro atoms. The first kappa shape index (κ1) is 23.4. The van der Waals surface area contributed by atoms with Crippen LogP contribution in [0.3, 0.4) is 0 Å². The summed E-state index contributed by atoms with van der Waals surface area (Å²) in [5.41, 5.74) is -0.129. The van der Waals surface area contributed by atoms with E-state index in [0.717, 1.165) is 19.2 Å². The van der Waals surface area contributed by atoms with Crippen LogP contribution in [0.2, 0.25) is 0 Å². The Morgan fingerprint density at radius 1 is 0.947 bits per heavy atom. The van der Waals surface area contributed by atoms with E-state index in [1.807, 2.05) is 0 Å². The number of ether oxygens (including phenoxy) is 1. The van der Waals surface area contributed by atoms with Gasteiger partial charge in [0.05, 0.1) is 16.9 Å². The summed E-state index contributed by atoms with van der Waals surface area (Å²) in [7, 11) is -8.50. The largest absolute Gasteiger partial charge is 1.00 e. The van der Waals surface area contributed by atoms with Crippen LogP contribution in [0, 0.1) is 6.92 Å². The molecule has 0 aliphatic rings. The topological polar surface area (TPSA) is 124 Å². The van der Waals surface area contributed by atoms with E-state index in [0.29, 0.717) is 0 Å². The minimum absolute atomic E-state index is 0. The van der Waals surface area contributed by atoms with Gasteiger partial charge in [-0.2, -0.15) is 0 Å². The second-order valence-electron chi connectivity index (χ2n) is 3.18. The van der Waals surface area contributed by atoms with Gasteiger partial charge in [0, 0.05) is 0 Å². The maximum atomic E-state index is 10.9. The molecule has 0 bridgehead atoms. The average molecular weight is 358 g/mol. The predicted molar refractivity (Wildman–Crippen MR) is 53.7 cm³/mol. The fourth-order valence-corrected chi connectivity index (χ4v) is 2.68. The van der Waals surface area contributed by atoms with Gasteiger partial charge in [-0.1, -0.05) is 0 Å². The van der Waals surface area contributed by atoms with Gasteiger partial charge in [-0.05, 0) is 24.6 Å². The Kier molecular flexibility index (Phi) is 10.7. The summed E-state index contributed by atoms with van der Waals surface area (Å²) in [4.78, 5) is -1.33. The molecule has 7 nitrogen and oxygen atoms in total. The van der Waals surface area contributed by atoms with Crippen LogP contribution in [0.1, 0.15) is 5.56 Å². The average Bonchev–Trinajstić information content (AvgIpc) is 2.14. The number of benzene rings is 1. The molecule has 0 amide bonds. The molecule has 0 saturated carbocycles. The van der Waals surface area contributed by atoms with E-state index in [9.17, 15) is 25.9 Å². The molecule has 0 aliphatic heterocycles. The van der Waals surface area contributed by atoms with Crippen molar-refractivity contribution in [2.75, 3.05) is 7.11 Å². The standard InChI is InChI=1S/C8H10O7S2.2K/c1-5-3-8(17(12,13)14)6(15-2)4-7(5)16(9,10)11;;/h3-4H,1-2H3,(H,9,10,11)(H,12,13,14);;/q;2*+1/p-2. The van der Waals surface area contributed by atoms with E-state index >= 15 is 0 Å². The molecule has 1 aromatic rings. The minimum atomic E-state index is -4.80. The molecule has 0 aromatic heterocycles. The Balaban J connectivity index is 0. The molecule has 1 aromatic carbocycles. The fraction of sp³-hybridized carbons (Fsp3) is 0.250. The van der Waals surface area contributed by atoms with Gasteiger partial charge >= 0.3 is 103 Å². The third-order valence-electron chi connectivity index (χ3n) is 2.00. The van der Waals surface area contributed by atoms with E-state index < -0.39 is 35.8 Å². The molecule has 0 aliphatic carbocycles. The summed E-state index contributed by atoms with van der Waals surface area (Å²) in [6.45, 7) is 1.21. The molecule has 0 N–H and O–H groups in total. The molecule has 11 heteroatoms. The number of methoxy groups -OCH3 is 1. The van der Waals surface area contributed by atoms with Gasteiger partial charge in [0.2, 0.25) is 0 Å². The van der Waals surface area contributed by atoms with Crippen LogP contribution in [0.4, 0.5) is 0 Å². The molecular formula is C8H8K2O7S2. The first-order valence-corrected chi connectivity index (χ1v) is 6.99. The van der Waals surface area contributed by atoms with Gasteiger partial charge in [0.1, 0.15) is 26.0 Å². The van der Waals surface area contributed by atoms with Crippen LogP contribution >= 0.6 is 0 Å².